The Labute approximate surface area is 129 Å². The zero-order valence-corrected chi connectivity index (χ0v) is 13.2. The normalized spacial score (nSPS) is 9.81. The van der Waals surface area contributed by atoms with Crippen molar-refractivity contribution in [2.45, 2.75) is 33.8 Å². The van der Waals surface area contributed by atoms with Crippen LogP contribution in [0.5, 0.6) is 5.75 Å². The lowest BCUT2D eigenvalue weighted by Crippen LogP contribution is -2.00. The Morgan fingerprint density at radius 3 is 2.33 bits per heavy atom. The summed E-state index contributed by atoms with van der Waals surface area (Å²) < 4.78 is 32.4. The third-order valence-electron chi connectivity index (χ3n) is 2.85. The van der Waals surface area contributed by atoms with Crippen LogP contribution in [0.2, 0.25) is 5.02 Å². The highest BCUT2D eigenvalue weighted by molar-refractivity contribution is 6.31. The Hall–Kier alpha value is -1.61. The van der Waals surface area contributed by atoms with Crippen LogP contribution in [-0.4, -0.2) is 0 Å². The first-order valence-corrected chi connectivity index (χ1v) is 7.33. The van der Waals surface area contributed by atoms with Crippen molar-refractivity contribution in [3.63, 3.8) is 0 Å². The molecule has 0 aliphatic carbocycles. The molecule has 114 valence electrons. The summed E-state index contributed by atoms with van der Waals surface area (Å²) in [6.45, 7) is 5.84. The lowest BCUT2D eigenvalue weighted by atomic mass is 10.1. The molecule has 0 aliphatic rings. The van der Waals surface area contributed by atoms with Crippen LogP contribution in [0.15, 0.2) is 36.4 Å². The molecule has 0 N–H and O–H groups in total. The topological polar surface area (TPSA) is 9.23 Å². The zero-order chi connectivity index (χ0) is 15.8. The van der Waals surface area contributed by atoms with Crippen LogP contribution in [0.3, 0.4) is 0 Å². The second-order valence-electron chi connectivity index (χ2n) is 4.10. The lowest BCUT2D eigenvalue weighted by Gasteiger charge is -2.09. The molecule has 0 fully saturated rings. The molecule has 0 bridgehead atoms. The van der Waals surface area contributed by atoms with Crippen molar-refractivity contribution in [2.75, 3.05) is 0 Å². The summed E-state index contributed by atoms with van der Waals surface area (Å²) >= 11 is 5.88. The molecule has 0 unspecified atom stereocenters. The van der Waals surface area contributed by atoms with Crippen molar-refractivity contribution < 1.29 is 13.5 Å². The summed E-state index contributed by atoms with van der Waals surface area (Å²) in [5.74, 6) is -0.396. The van der Waals surface area contributed by atoms with E-state index in [1.54, 1.807) is 18.2 Å². The second-order valence-corrected chi connectivity index (χ2v) is 4.50. The maximum atomic E-state index is 13.6. The third kappa shape index (κ3) is 4.71. The van der Waals surface area contributed by atoms with Crippen LogP contribution in [-0.2, 0) is 13.0 Å². The van der Waals surface area contributed by atoms with Gasteiger partial charge in [0.15, 0.2) is 0 Å². The highest BCUT2D eigenvalue weighted by Crippen LogP contribution is 2.22. The Morgan fingerprint density at radius 1 is 1.05 bits per heavy atom. The molecule has 0 heterocycles. The van der Waals surface area contributed by atoms with Gasteiger partial charge in [-0.15, -0.1) is 0 Å². The Bertz CT molecular complexity index is 565. The van der Waals surface area contributed by atoms with E-state index in [1.807, 2.05) is 20.8 Å². The maximum Gasteiger partial charge on any atom is 0.131 e. The van der Waals surface area contributed by atoms with Crippen molar-refractivity contribution in [2.24, 2.45) is 0 Å². The highest BCUT2D eigenvalue weighted by atomic mass is 35.5. The molecule has 0 aliphatic heterocycles. The smallest absolute Gasteiger partial charge is 0.131 e. The Kier molecular flexibility index (Phi) is 7.17. The molecule has 4 heteroatoms. The number of hydrogen-bond acceptors (Lipinski definition) is 1. The van der Waals surface area contributed by atoms with Gasteiger partial charge in [0, 0.05) is 11.6 Å². The maximum absolute atomic E-state index is 13.6. The summed E-state index contributed by atoms with van der Waals surface area (Å²) in [4.78, 5) is 0. The molecule has 0 saturated carbocycles. The number of halogens is 3. The van der Waals surface area contributed by atoms with Crippen LogP contribution in [0.4, 0.5) is 8.78 Å². The second kappa shape index (κ2) is 8.63. The Morgan fingerprint density at radius 2 is 1.76 bits per heavy atom. The molecule has 21 heavy (non-hydrogen) atoms. The van der Waals surface area contributed by atoms with E-state index in [2.05, 4.69) is 0 Å². The molecule has 0 atom stereocenters. The molecule has 0 spiro atoms. The van der Waals surface area contributed by atoms with Crippen molar-refractivity contribution in [1.82, 2.24) is 0 Å². The highest BCUT2D eigenvalue weighted by Gasteiger charge is 2.08. The van der Waals surface area contributed by atoms with Crippen molar-refractivity contribution in [1.29, 1.82) is 0 Å². The first kappa shape index (κ1) is 17.4. The predicted octanol–water partition coefficient (Wildman–Crippen LogP) is 5.79. The van der Waals surface area contributed by atoms with Crippen molar-refractivity contribution >= 4 is 11.6 Å². The first-order chi connectivity index (χ1) is 10.1. The molecule has 0 radical (unpaired) electrons. The molecular formula is C17H19ClF2O. The van der Waals surface area contributed by atoms with Gasteiger partial charge in [-0.1, -0.05) is 44.5 Å². The minimum Gasteiger partial charge on any atom is -0.489 e. The molecule has 2 aromatic carbocycles. The Balaban J connectivity index is 0.00000106. The standard InChI is InChI=1S/C15H13ClF2O.C2H6/c1-2-10-6-7-11(8-15(10)18)19-9-12-13(16)4-3-5-14(12)17;1-2/h3-8H,2,9H2,1H3;1-2H3. The molecule has 0 aromatic heterocycles. The van der Waals surface area contributed by atoms with Gasteiger partial charge in [0.2, 0.25) is 0 Å². The molecular weight excluding hydrogens is 294 g/mol. The van der Waals surface area contributed by atoms with E-state index in [4.69, 9.17) is 16.3 Å². The summed E-state index contributed by atoms with van der Waals surface area (Å²) in [5, 5.41) is 0.297. The van der Waals surface area contributed by atoms with E-state index < -0.39 is 5.82 Å². The minimum atomic E-state index is -0.432. The van der Waals surface area contributed by atoms with Gasteiger partial charge in [-0.2, -0.15) is 0 Å². The van der Waals surface area contributed by atoms with Crippen LogP contribution < -0.4 is 4.74 Å². The third-order valence-corrected chi connectivity index (χ3v) is 3.20. The molecule has 0 saturated heterocycles. The summed E-state index contributed by atoms with van der Waals surface area (Å²) in [6, 6.07) is 9.05. The monoisotopic (exact) mass is 312 g/mol. The summed E-state index contributed by atoms with van der Waals surface area (Å²) in [5.41, 5.74) is 0.889. The average molecular weight is 313 g/mol. The van der Waals surface area contributed by atoms with Gasteiger partial charge in [-0.3, -0.25) is 0 Å². The number of ether oxygens (including phenoxy) is 1. The number of rotatable bonds is 4. The largest absolute Gasteiger partial charge is 0.489 e. The van der Waals surface area contributed by atoms with Gasteiger partial charge >= 0.3 is 0 Å². The fourth-order valence-corrected chi connectivity index (χ4v) is 1.95. The van der Waals surface area contributed by atoms with Crippen LogP contribution in [0, 0.1) is 11.6 Å². The van der Waals surface area contributed by atoms with E-state index in [0.717, 1.165) is 0 Å². The fourth-order valence-electron chi connectivity index (χ4n) is 1.73. The van der Waals surface area contributed by atoms with Gasteiger partial charge in [-0.05, 0) is 30.2 Å². The van der Waals surface area contributed by atoms with Crippen LogP contribution >= 0.6 is 11.6 Å². The minimum absolute atomic E-state index is 0.0313. The van der Waals surface area contributed by atoms with Gasteiger partial charge in [0.05, 0.1) is 5.02 Å². The fraction of sp³-hybridized carbons (Fsp3) is 0.294. The molecule has 2 rings (SSSR count). The molecule has 2 aromatic rings. The van der Waals surface area contributed by atoms with Crippen LogP contribution in [0.1, 0.15) is 31.9 Å². The van der Waals surface area contributed by atoms with E-state index >= 15 is 0 Å². The van der Waals surface area contributed by atoms with Gasteiger partial charge in [-0.25, -0.2) is 8.78 Å². The van der Waals surface area contributed by atoms with Gasteiger partial charge in [0.25, 0.3) is 0 Å². The van der Waals surface area contributed by atoms with E-state index in [9.17, 15) is 8.78 Å². The van der Waals surface area contributed by atoms with Crippen molar-refractivity contribution in [3.8, 4) is 5.75 Å². The summed E-state index contributed by atoms with van der Waals surface area (Å²) in [7, 11) is 0. The lowest BCUT2D eigenvalue weighted by molar-refractivity contribution is 0.298. The number of aryl methyl sites for hydroxylation is 1. The average Bonchev–Trinajstić information content (AvgIpc) is 2.49. The van der Waals surface area contributed by atoms with Gasteiger partial charge in [0.1, 0.15) is 24.0 Å². The predicted molar refractivity (Wildman–Crippen MR) is 82.9 cm³/mol. The zero-order valence-electron chi connectivity index (χ0n) is 12.4. The first-order valence-electron chi connectivity index (χ1n) is 6.96. The summed E-state index contributed by atoms with van der Waals surface area (Å²) in [6.07, 6.45) is 0.616. The number of hydrogen-bond donors (Lipinski definition) is 0. The molecule has 1 nitrogen and oxygen atoms in total. The van der Waals surface area contributed by atoms with Gasteiger partial charge < -0.3 is 4.74 Å². The van der Waals surface area contributed by atoms with Crippen LogP contribution in [0.25, 0.3) is 0 Å². The molecule has 0 amide bonds. The number of benzene rings is 2. The van der Waals surface area contributed by atoms with E-state index in [-0.39, 0.29) is 18.0 Å². The quantitative estimate of drug-likeness (QED) is 0.694. The van der Waals surface area contributed by atoms with E-state index in [0.29, 0.717) is 22.8 Å². The van der Waals surface area contributed by atoms with E-state index in [1.165, 1.54) is 18.2 Å². The van der Waals surface area contributed by atoms with Crippen molar-refractivity contribution in [3.05, 3.63) is 64.2 Å². The SMILES string of the molecule is CC.CCc1ccc(OCc2c(F)cccc2Cl)cc1F.